The highest BCUT2D eigenvalue weighted by atomic mass is 35.5. The molecular formula is C13H13ClF3N3O. The van der Waals surface area contributed by atoms with E-state index in [-0.39, 0.29) is 29.4 Å². The average molecular weight is 320 g/mol. The molecule has 0 saturated carbocycles. The summed E-state index contributed by atoms with van der Waals surface area (Å²) in [4.78, 5) is 12.3. The minimum absolute atomic E-state index is 0. The molecule has 2 N–H and O–H groups in total. The fraction of sp³-hybridized carbons (Fsp3) is 0.231. The van der Waals surface area contributed by atoms with E-state index in [1.165, 1.54) is 16.8 Å². The van der Waals surface area contributed by atoms with Crippen LogP contribution in [0.15, 0.2) is 24.3 Å². The van der Waals surface area contributed by atoms with E-state index in [0.717, 1.165) is 12.1 Å². The van der Waals surface area contributed by atoms with E-state index < -0.39 is 17.5 Å². The number of nitrogen functional groups attached to an aromatic ring is 1. The maximum absolute atomic E-state index is 12.6. The second-order valence-electron chi connectivity index (χ2n) is 4.38. The Bertz CT molecular complexity index is 680. The summed E-state index contributed by atoms with van der Waals surface area (Å²) >= 11 is 0. The molecule has 2 aromatic rings. The first-order valence-corrected chi connectivity index (χ1v) is 5.73. The highest BCUT2D eigenvalue weighted by Gasteiger charge is 2.31. The average Bonchev–Trinajstić information content (AvgIpc) is 2.62. The largest absolute Gasteiger partial charge is 0.416 e. The Morgan fingerprint density at radius 3 is 2.43 bits per heavy atom. The maximum Gasteiger partial charge on any atom is 0.416 e. The predicted molar refractivity (Wildman–Crippen MR) is 74.5 cm³/mol. The number of carbonyl (C=O) groups is 1. The molecule has 0 unspecified atom stereocenters. The van der Waals surface area contributed by atoms with Crippen molar-refractivity contribution in [2.45, 2.75) is 13.1 Å². The Morgan fingerprint density at radius 1 is 1.33 bits per heavy atom. The Kier molecular flexibility index (Phi) is 4.68. The number of anilines is 1. The Morgan fingerprint density at radius 2 is 1.95 bits per heavy atom. The van der Waals surface area contributed by atoms with Crippen LogP contribution in [-0.4, -0.2) is 15.6 Å². The zero-order valence-corrected chi connectivity index (χ0v) is 12.0. The number of hydrogen-bond donors (Lipinski definition) is 1. The number of halogens is 4. The van der Waals surface area contributed by atoms with Crippen LogP contribution in [0.1, 0.15) is 27.2 Å². The van der Waals surface area contributed by atoms with Gasteiger partial charge in [0.1, 0.15) is 5.82 Å². The van der Waals surface area contributed by atoms with Gasteiger partial charge in [-0.25, -0.2) is 0 Å². The van der Waals surface area contributed by atoms with Crippen LogP contribution in [0.3, 0.4) is 0 Å². The van der Waals surface area contributed by atoms with Crippen molar-refractivity contribution >= 4 is 24.0 Å². The monoisotopic (exact) mass is 319 g/mol. The third kappa shape index (κ3) is 3.18. The quantitative estimate of drug-likeness (QED) is 0.866. The molecule has 0 radical (unpaired) electrons. The van der Waals surface area contributed by atoms with E-state index >= 15 is 0 Å². The van der Waals surface area contributed by atoms with Gasteiger partial charge in [0.05, 0.1) is 16.8 Å². The first kappa shape index (κ1) is 17.0. The minimum Gasteiger partial charge on any atom is -0.383 e. The molecule has 1 aromatic heterocycles. The summed E-state index contributed by atoms with van der Waals surface area (Å²) in [6, 6.07) is 4.24. The number of nitrogens with zero attached hydrogens (tertiary/aromatic N) is 2. The van der Waals surface area contributed by atoms with Gasteiger partial charge in [0.15, 0.2) is 5.78 Å². The van der Waals surface area contributed by atoms with Gasteiger partial charge >= 0.3 is 6.18 Å². The molecule has 0 aliphatic carbocycles. The van der Waals surface area contributed by atoms with Gasteiger partial charge in [-0.1, -0.05) is 12.1 Å². The molecule has 0 aliphatic heterocycles. The van der Waals surface area contributed by atoms with Gasteiger partial charge in [-0.3, -0.25) is 9.48 Å². The summed E-state index contributed by atoms with van der Waals surface area (Å²) in [7, 11) is 1.56. The van der Waals surface area contributed by atoms with Gasteiger partial charge in [-0.15, -0.1) is 12.4 Å². The summed E-state index contributed by atoms with van der Waals surface area (Å²) in [6.45, 7) is 1.58. The van der Waals surface area contributed by atoms with Gasteiger partial charge in [-0.05, 0) is 19.1 Å². The van der Waals surface area contributed by atoms with E-state index in [4.69, 9.17) is 5.73 Å². The second kappa shape index (κ2) is 5.77. The highest BCUT2D eigenvalue weighted by molar-refractivity contribution is 6.12. The van der Waals surface area contributed by atoms with Crippen molar-refractivity contribution in [1.82, 2.24) is 9.78 Å². The van der Waals surface area contributed by atoms with E-state index in [1.54, 1.807) is 14.0 Å². The number of aromatic nitrogens is 2. The molecule has 8 heteroatoms. The zero-order chi connectivity index (χ0) is 15.1. The van der Waals surface area contributed by atoms with Gasteiger partial charge in [0.25, 0.3) is 0 Å². The Labute approximate surface area is 125 Å². The summed E-state index contributed by atoms with van der Waals surface area (Å²) in [6.07, 6.45) is -4.49. The number of carbonyl (C=O) groups excluding carboxylic acids is 1. The highest BCUT2D eigenvalue weighted by Crippen LogP contribution is 2.30. The lowest BCUT2D eigenvalue weighted by Gasteiger charge is -2.08. The molecule has 0 fully saturated rings. The van der Waals surface area contributed by atoms with Crippen LogP contribution in [0.4, 0.5) is 19.0 Å². The standard InChI is InChI=1S/C13H12F3N3O.ClH/c1-7-10(12(17)19(2)18-7)11(20)8-4-3-5-9(6-8)13(14,15)16;/h3-6H,17H2,1-2H3;1H. The lowest BCUT2D eigenvalue weighted by Crippen LogP contribution is -2.10. The molecule has 21 heavy (non-hydrogen) atoms. The smallest absolute Gasteiger partial charge is 0.383 e. The number of ketones is 1. The molecule has 114 valence electrons. The van der Waals surface area contributed by atoms with Crippen LogP contribution in [-0.2, 0) is 13.2 Å². The molecule has 0 aliphatic rings. The normalized spacial score (nSPS) is 11.1. The van der Waals surface area contributed by atoms with Gasteiger partial charge in [-0.2, -0.15) is 18.3 Å². The third-order valence-electron chi connectivity index (χ3n) is 2.95. The van der Waals surface area contributed by atoms with Crippen molar-refractivity contribution in [3.63, 3.8) is 0 Å². The van der Waals surface area contributed by atoms with Crippen LogP contribution in [0, 0.1) is 6.92 Å². The Balaban J connectivity index is 0.00000220. The van der Waals surface area contributed by atoms with Crippen molar-refractivity contribution in [3.8, 4) is 0 Å². The zero-order valence-electron chi connectivity index (χ0n) is 11.2. The van der Waals surface area contributed by atoms with Gasteiger partial charge < -0.3 is 5.73 Å². The molecule has 1 heterocycles. The van der Waals surface area contributed by atoms with Crippen LogP contribution in [0.25, 0.3) is 0 Å². The Hall–Kier alpha value is -2.02. The summed E-state index contributed by atoms with van der Waals surface area (Å²) in [5, 5.41) is 3.98. The molecule has 0 saturated heterocycles. The SMILES string of the molecule is Cc1nn(C)c(N)c1C(=O)c1cccc(C(F)(F)F)c1.Cl. The lowest BCUT2D eigenvalue weighted by atomic mass is 10.0. The molecule has 0 spiro atoms. The summed E-state index contributed by atoms with van der Waals surface area (Å²) in [5.74, 6) is -0.441. The van der Waals surface area contributed by atoms with E-state index in [1.807, 2.05) is 0 Å². The van der Waals surface area contributed by atoms with Crippen LogP contribution in [0.5, 0.6) is 0 Å². The van der Waals surface area contributed by atoms with Crippen LogP contribution < -0.4 is 5.73 Å². The molecule has 1 aromatic carbocycles. The molecule has 0 bridgehead atoms. The molecule has 2 rings (SSSR count). The van der Waals surface area contributed by atoms with Crippen molar-refractivity contribution < 1.29 is 18.0 Å². The summed E-state index contributed by atoms with van der Waals surface area (Å²) in [5.41, 5.74) is 5.30. The van der Waals surface area contributed by atoms with E-state index in [2.05, 4.69) is 5.10 Å². The first-order valence-electron chi connectivity index (χ1n) is 5.73. The molecule has 0 atom stereocenters. The van der Waals surface area contributed by atoms with Gasteiger partial charge in [0, 0.05) is 12.6 Å². The maximum atomic E-state index is 12.6. The van der Waals surface area contributed by atoms with E-state index in [0.29, 0.717) is 5.69 Å². The number of rotatable bonds is 2. The van der Waals surface area contributed by atoms with Crippen molar-refractivity contribution in [2.75, 3.05) is 5.73 Å². The molecule has 0 amide bonds. The minimum atomic E-state index is -4.49. The number of alkyl halides is 3. The molecule has 4 nitrogen and oxygen atoms in total. The van der Waals surface area contributed by atoms with Crippen LogP contribution in [0.2, 0.25) is 0 Å². The number of hydrogen-bond acceptors (Lipinski definition) is 3. The second-order valence-corrected chi connectivity index (χ2v) is 4.38. The molecular weight excluding hydrogens is 307 g/mol. The third-order valence-corrected chi connectivity index (χ3v) is 2.95. The van der Waals surface area contributed by atoms with Gasteiger partial charge in [0.2, 0.25) is 0 Å². The number of nitrogens with two attached hydrogens (primary N) is 1. The number of aryl methyl sites for hydroxylation is 2. The van der Waals surface area contributed by atoms with Crippen molar-refractivity contribution in [1.29, 1.82) is 0 Å². The van der Waals surface area contributed by atoms with E-state index in [9.17, 15) is 18.0 Å². The fourth-order valence-electron chi connectivity index (χ4n) is 1.94. The first-order chi connectivity index (χ1) is 9.21. The lowest BCUT2D eigenvalue weighted by molar-refractivity contribution is -0.137. The predicted octanol–water partition coefficient (Wildman–Crippen LogP) is 2.98. The fourth-order valence-corrected chi connectivity index (χ4v) is 1.94. The van der Waals surface area contributed by atoms with Crippen molar-refractivity contribution in [3.05, 3.63) is 46.6 Å². The summed E-state index contributed by atoms with van der Waals surface area (Å²) < 4.78 is 39.2. The van der Waals surface area contributed by atoms with Crippen LogP contribution >= 0.6 is 12.4 Å². The number of benzene rings is 1. The van der Waals surface area contributed by atoms with Crippen molar-refractivity contribution in [2.24, 2.45) is 7.05 Å². The topological polar surface area (TPSA) is 60.9 Å².